The van der Waals surface area contributed by atoms with Gasteiger partial charge in [0.15, 0.2) is 0 Å². The molecule has 20 heavy (non-hydrogen) atoms. The van der Waals surface area contributed by atoms with Gasteiger partial charge in [-0.05, 0) is 34.8 Å². The first-order valence-electron chi connectivity index (χ1n) is 7.24. The average Bonchev–Trinajstić information content (AvgIpc) is 2.34. The van der Waals surface area contributed by atoms with E-state index in [1.54, 1.807) is 18.2 Å². The van der Waals surface area contributed by atoms with Crippen molar-refractivity contribution in [1.29, 1.82) is 0 Å². The Hall–Kier alpha value is -1.29. The number of rotatable bonds is 5. The van der Waals surface area contributed by atoms with Crippen molar-refractivity contribution in [1.82, 2.24) is 0 Å². The highest BCUT2D eigenvalue weighted by Gasteiger charge is 2.48. The Kier molecular flexibility index (Phi) is 5.40. The predicted octanol–water partition coefficient (Wildman–Crippen LogP) is 4.72. The molecule has 0 heterocycles. The quantitative estimate of drug-likeness (QED) is 0.799. The van der Waals surface area contributed by atoms with Crippen LogP contribution in [0.25, 0.3) is 0 Å². The van der Waals surface area contributed by atoms with E-state index in [0.717, 1.165) is 0 Å². The SMILES string of the molecule is CC(C)[Si](OC(=O)c1cccc(O)c1)(C(C)C)C(C)C. The molecule has 0 saturated carbocycles. The van der Waals surface area contributed by atoms with Crippen LogP contribution in [0.1, 0.15) is 51.9 Å². The molecule has 1 N–H and O–H groups in total. The van der Waals surface area contributed by atoms with Crippen LogP contribution in [0.5, 0.6) is 5.75 Å². The van der Waals surface area contributed by atoms with Crippen molar-refractivity contribution in [3.63, 3.8) is 0 Å². The molecule has 0 aromatic heterocycles. The lowest BCUT2D eigenvalue weighted by molar-refractivity contribution is 0.0704. The van der Waals surface area contributed by atoms with E-state index in [1.807, 2.05) is 0 Å². The lowest BCUT2D eigenvalue weighted by Gasteiger charge is -2.41. The Morgan fingerprint density at radius 3 is 1.95 bits per heavy atom. The Labute approximate surface area is 123 Å². The van der Waals surface area contributed by atoms with Gasteiger partial charge < -0.3 is 9.53 Å². The van der Waals surface area contributed by atoms with Crippen LogP contribution >= 0.6 is 0 Å². The van der Waals surface area contributed by atoms with Gasteiger partial charge in [0, 0.05) is 0 Å². The van der Waals surface area contributed by atoms with E-state index in [-0.39, 0.29) is 11.7 Å². The maximum absolute atomic E-state index is 12.4. The number of carbonyl (C=O) groups is 1. The first-order chi connectivity index (χ1) is 9.21. The van der Waals surface area contributed by atoms with E-state index in [1.165, 1.54) is 6.07 Å². The first-order valence-corrected chi connectivity index (χ1v) is 9.38. The molecular weight excluding hydrogens is 268 g/mol. The molecular formula is C16H26O3Si. The van der Waals surface area contributed by atoms with Crippen LogP contribution in [0.3, 0.4) is 0 Å². The molecule has 0 radical (unpaired) electrons. The van der Waals surface area contributed by atoms with Gasteiger partial charge in [-0.25, -0.2) is 4.79 Å². The average molecular weight is 294 g/mol. The Balaban J connectivity index is 3.10. The van der Waals surface area contributed by atoms with Crippen molar-refractivity contribution in [3.8, 4) is 5.75 Å². The number of hydrogen-bond acceptors (Lipinski definition) is 3. The smallest absolute Gasteiger partial charge is 0.324 e. The molecule has 1 aromatic carbocycles. The Bertz CT molecular complexity index is 445. The van der Waals surface area contributed by atoms with E-state index in [9.17, 15) is 9.90 Å². The molecule has 0 aliphatic heterocycles. The highest BCUT2D eigenvalue weighted by Crippen LogP contribution is 2.42. The minimum atomic E-state index is -2.22. The molecule has 4 heteroatoms. The normalized spacial score (nSPS) is 12.2. The Morgan fingerprint density at radius 1 is 1.05 bits per heavy atom. The van der Waals surface area contributed by atoms with Crippen LogP contribution in [-0.4, -0.2) is 19.4 Å². The summed E-state index contributed by atoms with van der Waals surface area (Å²) in [6.07, 6.45) is 0. The zero-order valence-corrected chi connectivity index (χ0v) is 14.3. The van der Waals surface area contributed by atoms with Gasteiger partial charge in [-0.2, -0.15) is 0 Å². The molecule has 0 atom stereocenters. The number of hydrogen-bond donors (Lipinski definition) is 1. The highest BCUT2D eigenvalue weighted by molar-refractivity contribution is 6.79. The van der Waals surface area contributed by atoms with Gasteiger partial charge in [0.25, 0.3) is 8.32 Å². The molecule has 3 nitrogen and oxygen atoms in total. The van der Waals surface area contributed by atoms with Crippen LogP contribution in [-0.2, 0) is 4.43 Å². The third kappa shape index (κ3) is 3.23. The molecule has 0 unspecified atom stereocenters. The summed E-state index contributed by atoms with van der Waals surface area (Å²) in [5.74, 6) is -0.228. The van der Waals surface area contributed by atoms with Crippen LogP contribution in [0, 0.1) is 0 Å². The summed E-state index contributed by atoms with van der Waals surface area (Å²) in [5, 5.41) is 9.49. The second-order valence-corrected chi connectivity index (χ2v) is 11.6. The second kappa shape index (κ2) is 6.44. The topological polar surface area (TPSA) is 46.5 Å². The predicted molar refractivity (Wildman–Crippen MR) is 84.6 cm³/mol. The molecule has 0 amide bonds. The van der Waals surface area contributed by atoms with E-state index >= 15 is 0 Å². The first kappa shape index (κ1) is 16.8. The number of phenolic OH excluding ortho intramolecular Hbond substituents is 1. The highest BCUT2D eigenvalue weighted by atomic mass is 28.4. The third-order valence-corrected chi connectivity index (χ3v) is 10.0. The van der Waals surface area contributed by atoms with E-state index in [4.69, 9.17) is 4.43 Å². The van der Waals surface area contributed by atoms with Crippen molar-refractivity contribution < 1.29 is 14.3 Å². The fraction of sp³-hybridized carbons (Fsp3) is 0.562. The largest absolute Gasteiger partial charge is 0.515 e. The lowest BCUT2D eigenvalue weighted by atomic mass is 10.2. The van der Waals surface area contributed by atoms with Crippen LogP contribution in [0.15, 0.2) is 24.3 Å². The number of aromatic hydroxyl groups is 1. The fourth-order valence-electron chi connectivity index (χ4n) is 3.21. The summed E-state index contributed by atoms with van der Waals surface area (Å²) >= 11 is 0. The molecule has 0 saturated heterocycles. The summed E-state index contributed by atoms with van der Waals surface area (Å²) in [7, 11) is -2.22. The summed E-state index contributed by atoms with van der Waals surface area (Å²) in [6, 6.07) is 6.36. The summed E-state index contributed by atoms with van der Waals surface area (Å²) < 4.78 is 6.05. The molecule has 1 rings (SSSR count). The molecule has 1 aromatic rings. The van der Waals surface area contributed by atoms with Gasteiger partial charge >= 0.3 is 5.97 Å². The third-order valence-electron chi connectivity index (χ3n) is 4.06. The maximum atomic E-state index is 12.4. The number of benzene rings is 1. The number of carbonyl (C=O) groups excluding carboxylic acids is 1. The monoisotopic (exact) mass is 294 g/mol. The molecule has 0 aliphatic rings. The minimum absolute atomic E-state index is 0.0883. The van der Waals surface area contributed by atoms with Gasteiger partial charge in [0.05, 0.1) is 5.56 Å². The van der Waals surface area contributed by atoms with Gasteiger partial charge in [-0.3, -0.25) is 0 Å². The summed E-state index contributed by atoms with van der Waals surface area (Å²) in [6.45, 7) is 12.8. The zero-order valence-electron chi connectivity index (χ0n) is 13.3. The summed E-state index contributed by atoms with van der Waals surface area (Å²) in [5.41, 5.74) is 1.47. The minimum Gasteiger partial charge on any atom is -0.515 e. The van der Waals surface area contributed by atoms with E-state index in [2.05, 4.69) is 41.5 Å². The maximum Gasteiger partial charge on any atom is 0.324 e. The molecule has 0 fully saturated rings. The van der Waals surface area contributed by atoms with Crippen LogP contribution < -0.4 is 0 Å². The molecule has 112 valence electrons. The van der Waals surface area contributed by atoms with Crippen molar-refractivity contribution in [3.05, 3.63) is 29.8 Å². The van der Waals surface area contributed by atoms with Gasteiger partial charge in [0.2, 0.25) is 0 Å². The molecule has 0 aliphatic carbocycles. The van der Waals surface area contributed by atoms with E-state index in [0.29, 0.717) is 22.2 Å². The van der Waals surface area contributed by atoms with Crippen molar-refractivity contribution in [2.24, 2.45) is 0 Å². The molecule has 0 bridgehead atoms. The van der Waals surface area contributed by atoms with Crippen LogP contribution in [0.4, 0.5) is 0 Å². The van der Waals surface area contributed by atoms with Crippen molar-refractivity contribution in [2.45, 2.75) is 58.2 Å². The van der Waals surface area contributed by atoms with Crippen molar-refractivity contribution >= 4 is 14.3 Å². The number of phenols is 1. The molecule has 0 spiro atoms. The van der Waals surface area contributed by atoms with Crippen LogP contribution in [0.2, 0.25) is 16.6 Å². The van der Waals surface area contributed by atoms with Gasteiger partial charge in [-0.1, -0.05) is 47.6 Å². The van der Waals surface area contributed by atoms with Gasteiger partial charge in [0.1, 0.15) is 5.75 Å². The Morgan fingerprint density at radius 2 is 1.55 bits per heavy atom. The standard InChI is InChI=1S/C16H26O3Si/c1-11(2)20(12(3)4,13(5)6)19-16(18)14-8-7-9-15(17)10-14/h7-13,17H,1-6H3. The summed E-state index contributed by atoms with van der Waals surface area (Å²) in [4.78, 5) is 12.4. The zero-order chi connectivity index (χ0) is 15.5. The van der Waals surface area contributed by atoms with Gasteiger partial charge in [-0.15, -0.1) is 0 Å². The van der Waals surface area contributed by atoms with E-state index < -0.39 is 8.32 Å². The van der Waals surface area contributed by atoms with Crippen molar-refractivity contribution in [2.75, 3.05) is 0 Å². The second-order valence-electron chi connectivity index (χ2n) is 6.26. The lowest BCUT2D eigenvalue weighted by Crippen LogP contribution is -2.49. The fourth-order valence-corrected chi connectivity index (χ4v) is 8.35.